The molecule has 2 aliphatic rings. The van der Waals surface area contributed by atoms with Crippen LogP contribution in [0.25, 0.3) is 5.65 Å². The minimum Gasteiger partial charge on any atom is -0.482 e. The lowest BCUT2D eigenvalue weighted by Crippen LogP contribution is -2.40. The van der Waals surface area contributed by atoms with Gasteiger partial charge in [0.25, 0.3) is 17.7 Å². The maximum absolute atomic E-state index is 14.2. The van der Waals surface area contributed by atoms with Gasteiger partial charge in [0.2, 0.25) is 0 Å². The summed E-state index contributed by atoms with van der Waals surface area (Å²) in [5, 5.41) is 12.1. The first-order chi connectivity index (χ1) is 15.5. The first-order valence-electron chi connectivity index (χ1n) is 10.2. The summed E-state index contributed by atoms with van der Waals surface area (Å²) in [4.78, 5) is 41.0. The highest BCUT2D eigenvalue weighted by molar-refractivity contribution is 5.98. The van der Waals surface area contributed by atoms with E-state index < -0.39 is 17.6 Å². The molecule has 1 fully saturated rings. The molecule has 3 heterocycles. The van der Waals surface area contributed by atoms with Crippen LogP contribution in [0.15, 0.2) is 30.5 Å². The molecule has 0 saturated heterocycles. The minimum absolute atomic E-state index is 0.0320. The van der Waals surface area contributed by atoms with Crippen LogP contribution in [0.3, 0.4) is 0 Å². The van der Waals surface area contributed by atoms with Crippen LogP contribution < -0.4 is 20.7 Å². The fourth-order valence-corrected chi connectivity index (χ4v) is 3.54. The molecule has 1 aliphatic carbocycles. The molecule has 1 aliphatic heterocycles. The Balaban J connectivity index is 1.36. The Morgan fingerprint density at radius 2 is 2.09 bits per heavy atom. The lowest BCUT2D eigenvalue weighted by atomic mass is 9.93. The predicted octanol–water partition coefficient (Wildman–Crippen LogP) is 1.41. The molecular weight excluding hydrogens is 419 g/mol. The number of hydrogen-bond donors (Lipinski definition) is 3. The Kier molecular flexibility index (Phi) is 4.92. The van der Waals surface area contributed by atoms with Crippen LogP contribution in [0, 0.1) is 5.82 Å². The fraction of sp³-hybridized carbons (Fsp3) is 0.286. The van der Waals surface area contributed by atoms with Gasteiger partial charge in [0.15, 0.2) is 18.1 Å². The van der Waals surface area contributed by atoms with Gasteiger partial charge in [0.1, 0.15) is 17.1 Å². The van der Waals surface area contributed by atoms with E-state index in [1.165, 1.54) is 6.07 Å². The zero-order valence-corrected chi connectivity index (χ0v) is 16.9. The number of rotatable bonds is 5. The summed E-state index contributed by atoms with van der Waals surface area (Å²) in [6, 6.07) is 6.50. The number of nitrogens with one attached hydrogen (secondary N) is 3. The summed E-state index contributed by atoms with van der Waals surface area (Å²) in [5.41, 5.74) is 0.950. The van der Waals surface area contributed by atoms with Crippen molar-refractivity contribution < 1.29 is 23.5 Å². The second kappa shape index (κ2) is 7.91. The molecule has 11 heteroatoms. The normalized spacial score (nSPS) is 15.3. The van der Waals surface area contributed by atoms with Gasteiger partial charge in [-0.15, -0.1) is 0 Å². The van der Waals surface area contributed by atoms with E-state index in [-0.39, 0.29) is 42.1 Å². The monoisotopic (exact) mass is 438 g/mol. The topological polar surface area (TPSA) is 127 Å². The van der Waals surface area contributed by atoms with Crippen molar-refractivity contribution in [2.75, 3.05) is 11.9 Å². The molecule has 0 atom stereocenters. The standard InChI is InChI=1S/C21H19FN6O4/c22-13-9-24-28-16(21(31)25-12-2-1-3-12)7-15(27-19(13)28)20(30)23-8-11-4-5-17-14(6-11)26-18(29)10-32-17/h4-7,9,12H,1-3,8,10H2,(H,23,30)(H,25,31)(H,26,29). The Bertz CT molecular complexity index is 1250. The van der Waals surface area contributed by atoms with Crippen LogP contribution in [0.5, 0.6) is 5.75 Å². The smallest absolute Gasteiger partial charge is 0.270 e. The first-order valence-corrected chi connectivity index (χ1v) is 10.2. The molecular formula is C21H19FN6O4. The average molecular weight is 438 g/mol. The molecule has 1 aromatic carbocycles. The molecule has 3 N–H and O–H groups in total. The second-order valence-corrected chi connectivity index (χ2v) is 7.71. The van der Waals surface area contributed by atoms with Crippen molar-refractivity contribution in [2.45, 2.75) is 31.8 Å². The largest absolute Gasteiger partial charge is 0.482 e. The third-order valence-corrected chi connectivity index (χ3v) is 5.46. The number of anilines is 1. The molecule has 32 heavy (non-hydrogen) atoms. The number of aromatic nitrogens is 3. The molecule has 0 unspecified atom stereocenters. The highest BCUT2D eigenvalue weighted by atomic mass is 19.1. The van der Waals surface area contributed by atoms with Crippen LogP contribution in [-0.4, -0.2) is 45.0 Å². The molecule has 3 amide bonds. The quantitative estimate of drug-likeness (QED) is 0.553. The number of hydrogen-bond acceptors (Lipinski definition) is 6. The SMILES string of the molecule is O=C1COc2ccc(CNC(=O)c3cc(C(=O)NC4CCC4)n4ncc(F)c4n3)cc2N1. The average Bonchev–Trinajstić information content (AvgIpc) is 3.14. The van der Waals surface area contributed by atoms with Crippen LogP contribution in [0.2, 0.25) is 0 Å². The van der Waals surface area contributed by atoms with Crippen molar-refractivity contribution in [1.29, 1.82) is 0 Å². The summed E-state index contributed by atoms with van der Waals surface area (Å²) in [6.45, 7) is 0.0826. The first kappa shape index (κ1) is 19.9. The summed E-state index contributed by atoms with van der Waals surface area (Å²) >= 11 is 0. The Hall–Kier alpha value is -4.02. The molecule has 10 nitrogen and oxygen atoms in total. The number of halogens is 1. The van der Waals surface area contributed by atoms with Gasteiger partial charge in [-0.3, -0.25) is 14.4 Å². The Labute approximate surface area is 181 Å². The van der Waals surface area contributed by atoms with Crippen molar-refractivity contribution in [3.63, 3.8) is 0 Å². The van der Waals surface area contributed by atoms with Gasteiger partial charge in [-0.25, -0.2) is 13.9 Å². The number of fused-ring (bicyclic) bond motifs is 2. The molecule has 0 radical (unpaired) electrons. The van der Waals surface area contributed by atoms with E-state index >= 15 is 0 Å². The van der Waals surface area contributed by atoms with Crippen LogP contribution in [0.1, 0.15) is 45.8 Å². The van der Waals surface area contributed by atoms with Crippen molar-refractivity contribution in [2.24, 2.45) is 0 Å². The van der Waals surface area contributed by atoms with Crippen LogP contribution >= 0.6 is 0 Å². The summed E-state index contributed by atoms with van der Waals surface area (Å²) in [5.74, 6) is -1.46. The molecule has 1 saturated carbocycles. The van der Waals surface area contributed by atoms with Gasteiger partial charge in [-0.05, 0) is 37.0 Å². The zero-order chi connectivity index (χ0) is 22.2. The number of ether oxygens (including phenoxy) is 1. The van der Waals surface area contributed by atoms with Gasteiger partial charge >= 0.3 is 0 Å². The van der Waals surface area contributed by atoms with Gasteiger partial charge in [0, 0.05) is 18.7 Å². The number of carbonyl (C=O) groups excluding carboxylic acids is 3. The van der Waals surface area contributed by atoms with E-state index in [9.17, 15) is 18.8 Å². The van der Waals surface area contributed by atoms with Crippen molar-refractivity contribution in [1.82, 2.24) is 25.2 Å². The Morgan fingerprint density at radius 1 is 1.25 bits per heavy atom. The molecule has 0 spiro atoms. The number of benzene rings is 1. The number of nitrogens with zero attached hydrogens (tertiary/aromatic N) is 3. The lowest BCUT2D eigenvalue weighted by Gasteiger charge is -2.26. The van der Waals surface area contributed by atoms with E-state index in [0.29, 0.717) is 17.0 Å². The molecule has 164 valence electrons. The van der Waals surface area contributed by atoms with E-state index in [4.69, 9.17) is 4.74 Å². The third kappa shape index (κ3) is 3.72. The highest BCUT2D eigenvalue weighted by Crippen LogP contribution is 2.28. The lowest BCUT2D eigenvalue weighted by molar-refractivity contribution is -0.118. The maximum Gasteiger partial charge on any atom is 0.270 e. The minimum atomic E-state index is -0.734. The summed E-state index contributed by atoms with van der Waals surface area (Å²) in [7, 11) is 0. The number of carbonyl (C=O) groups is 3. The second-order valence-electron chi connectivity index (χ2n) is 7.71. The van der Waals surface area contributed by atoms with Crippen LogP contribution in [0.4, 0.5) is 10.1 Å². The number of amides is 3. The van der Waals surface area contributed by atoms with Crippen LogP contribution in [-0.2, 0) is 11.3 Å². The van der Waals surface area contributed by atoms with Gasteiger partial charge in [0.05, 0.1) is 11.9 Å². The van der Waals surface area contributed by atoms with E-state index in [2.05, 4.69) is 26.0 Å². The van der Waals surface area contributed by atoms with E-state index in [0.717, 1.165) is 30.0 Å². The summed E-state index contributed by atoms with van der Waals surface area (Å²) < 4.78 is 20.6. The molecule has 3 aromatic rings. The van der Waals surface area contributed by atoms with E-state index in [1.807, 2.05) is 0 Å². The van der Waals surface area contributed by atoms with Gasteiger partial charge in [-0.2, -0.15) is 5.10 Å². The third-order valence-electron chi connectivity index (χ3n) is 5.46. The fourth-order valence-electron chi connectivity index (χ4n) is 3.54. The van der Waals surface area contributed by atoms with Crippen molar-refractivity contribution >= 4 is 29.1 Å². The van der Waals surface area contributed by atoms with Gasteiger partial charge in [-0.1, -0.05) is 6.07 Å². The molecule has 0 bridgehead atoms. The molecule has 2 aromatic heterocycles. The zero-order valence-electron chi connectivity index (χ0n) is 16.9. The Morgan fingerprint density at radius 3 is 2.88 bits per heavy atom. The predicted molar refractivity (Wildman–Crippen MR) is 110 cm³/mol. The maximum atomic E-state index is 14.2. The highest BCUT2D eigenvalue weighted by Gasteiger charge is 2.24. The summed E-state index contributed by atoms with van der Waals surface area (Å²) in [6.07, 6.45) is 3.76. The van der Waals surface area contributed by atoms with Gasteiger partial charge < -0.3 is 20.7 Å². The van der Waals surface area contributed by atoms with Crippen molar-refractivity contribution in [3.05, 3.63) is 53.2 Å². The van der Waals surface area contributed by atoms with Crippen molar-refractivity contribution in [3.8, 4) is 5.75 Å². The van der Waals surface area contributed by atoms with E-state index in [1.54, 1.807) is 18.2 Å². The molecule has 5 rings (SSSR count).